The minimum atomic E-state index is -0.635. The maximum Gasteiger partial charge on any atom is 0.273 e. The largest absolute Gasteiger partial charge is 0.491 e. The van der Waals surface area contributed by atoms with E-state index in [0.29, 0.717) is 5.75 Å². The van der Waals surface area contributed by atoms with E-state index in [1.165, 1.54) is 12.1 Å². The standard InChI is InChI=1S/C11H15N3O4/c1-7-3-4-8(14(16)17)5-10(7)18-6-9(13-2)11(12)15/h3-5,9,13H,6H2,1-2H3,(H2,12,15). The number of non-ortho nitro benzene ring substituents is 1. The molecule has 0 aromatic heterocycles. The maximum atomic E-state index is 11.0. The van der Waals surface area contributed by atoms with Gasteiger partial charge in [-0.1, -0.05) is 0 Å². The van der Waals surface area contributed by atoms with Crippen molar-refractivity contribution in [1.82, 2.24) is 5.32 Å². The smallest absolute Gasteiger partial charge is 0.273 e. The summed E-state index contributed by atoms with van der Waals surface area (Å²) in [4.78, 5) is 21.1. The predicted molar refractivity (Wildman–Crippen MR) is 65.4 cm³/mol. The number of amides is 1. The summed E-state index contributed by atoms with van der Waals surface area (Å²) in [5.74, 6) is -0.175. The number of benzene rings is 1. The molecule has 1 atom stereocenters. The third-order valence-corrected chi connectivity index (χ3v) is 2.48. The van der Waals surface area contributed by atoms with Crippen molar-refractivity contribution < 1.29 is 14.5 Å². The van der Waals surface area contributed by atoms with Crippen molar-refractivity contribution in [1.29, 1.82) is 0 Å². The van der Waals surface area contributed by atoms with Crippen molar-refractivity contribution in [3.8, 4) is 5.75 Å². The van der Waals surface area contributed by atoms with Gasteiger partial charge >= 0.3 is 0 Å². The number of likely N-dealkylation sites (N-methyl/N-ethyl adjacent to an activating group) is 1. The van der Waals surface area contributed by atoms with Crippen LogP contribution in [0, 0.1) is 17.0 Å². The Morgan fingerprint density at radius 2 is 2.28 bits per heavy atom. The Kier molecular flexibility index (Phi) is 4.61. The van der Waals surface area contributed by atoms with Crippen molar-refractivity contribution in [3.05, 3.63) is 33.9 Å². The quantitative estimate of drug-likeness (QED) is 0.562. The van der Waals surface area contributed by atoms with E-state index in [1.807, 2.05) is 0 Å². The lowest BCUT2D eigenvalue weighted by Crippen LogP contribution is -2.43. The summed E-state index contributed by atoms with van der Waals surface area (Å²) in [5, 5.41) is 13.3. The average molecular weight is 253 g/mol. The fourth-order valence-corrected chi connectivity index (χ4v) is 1.34. The normalized spacial score (nSPS) is 11.9. The van der Waals surface area contributed by atoms with E-state index in [9.17, 15) is 14.9 Å². The second-order valence-electron chi connectivity index (χ2n) is 3.76. The first-order valence-corrected chi connectivity index (χ1v) is 5.30. The third kappa shape index (κ3) is 3.42. The molecule has 7 heteroatoms. The molecule has 0 fully saturated rings. The highest BCUT2D eigenvalue weighted by Gasteiger charge is 2.15. The van der Waals surface area contributed by atoms with Crippen LogP contribution in [-0.2, 0) is 4.79 Å². The van der Waals surface area contributed by atoms with Crippen molar-refractivity contribution in [2.24, 2.45) is 5.73 Å². The van der Waals surface area contributed by atoms with Gasteiger partial charge in [0.25, 0.3) is 5.69 Å². The molecule has 3 N–H and O–H groups in total. The van der Waals surface area contributed by atoms with Gasteiger partial charge in [-0.2, -0.15) is 0 Å². The summed E-state index contributed by atoms with van der Waals surface area (Å²) in [5.41, 5.74) is 5.83. The molecule has 1 rings (SSSR count). The summed E-state index contributed by atoms with van der Waals surface area (Å²) < 4.78 is 5.37. The van der Waals surface area contributed by atoms with Crippen LogP contribution in [0.4, 0.5) is 5.69 Å². The van der Waals surface area contributed by atoms with Gasteiger partial charge in [-0.15, -0.1) is 0 Å². The van der Waals surface area contributed by atoms with Crippen LogP contribution in [0.1, 0.15) is 5.56 Å². The SMILES string of the molecule is CNC(COc1cc([N+](=O)[O-])ccc1C)C(N)=O. The molecular formula is C11H15N3O4. The topological polar surface area (TPSA) is 107 Å². The molecule has 1 aromatic rings. The van der Waals surface area contributed by atoms with E-state index in [1.54, 1.807) is 20.0 Å². The van der Waals surface area contributed by atoms with Crippen LogP contribution in [0.3, 0.4) is 0 Å². The van der Waals surface area contributed by atoms with Crippen molar-refractivity contribution >= 4 is 11.6 Å². The number of nitrogens with two attached hydrogens (primary N) is 1. The molecule has 0 saturated carbocycles. The molecule has 1 aromatic carbocycles. The van der Waals surface area contributed by atoms with Crippen LogP contribution >= 0.6 is 0 Å². The Hall–Kier alpha value is -2.15. The molecule has 7 nitrogen and oxygen atoms in total. The molecule has 0 aliphatic heterocycles. The van der Waals surface area contributed by atoms with Gasteiger partial charge in [-0.05, 0) is 25.6 Å². The number of aryl methyl sites for hydroxylation is 1. The highest BCUT2D eigenvalue weighted by Crippen LogP contribution is 2.24. The zero-order valence-electron chi connectivity index (χ0n) is 10.2. The van der Waals surface area contributed by atoms with Crippen LogP contribution in [0.25, 0.3) is 0 Å². The second kappa shape index (κ2) is 5.97. The number of carbonyl (C=O) groups is 1. The molecule has 0 bridgehead atoms. The van der Waals surface area contributed by atoms with Gasteiger partial charge in [0.1, 0.15) is 18.4 Å². The van der Waals surface area contributed by atoms with Gasteiger partial charge < -0.3 is 15.8 Å². The monoisotopic (exact) mass is 253 g/mol. The molecule has 98 valence electrons. The fraction of sp³-hybridized carbons (Fsp3) is 0.364. The van der Waals surface area contributed by atoms with Gasteiger partial charge in [0.15, 0.2) is 0 Å². The molecule has 0 aliphatic rings. The number of nitro benzene ring substituents is 1. The zero-order valence-corrected chi connectivity index (χ0v) is 10.2. The molecule has 1 unspecified atom stereocenters. The summed E-state index contributed by atoms with van der Waals surface area (Å²) in [6, 6.07) is 3.67. The Labute approximate surface area is 104 Å². The van der Waals surface area contributed by atoms with E-state index >= 15 is 0 Å². The van der Waals surface area contributed by atoms with Crippen LogP contribution in [-0.4, -0.2) is 30.5 Å². The second-order valence-corrected chi connectivity index (χ2v) is 3.76. The molecule has 1 amide bonds. The van der Waals surface area contributed by atoms with Crippen LogP contribution in [0.5, 0.6) is 5.75 Å². The van der Waals surface area contributed by atoms with Crippen LogP contribution < -0.4 is 15.8 Å². The van der Waals surface area contributed by atoms with Gasteiger partial charge in [0, 0.05) is 6.07 Å². The number of nitrogens with zero attached hydrogens (tertiary/aromatic N) is 1. The predicted octanol–water partition coefficient (Wildman–Crippen LogP) is 0.355. The average Bonchev–Trinajstić information content (AvgIpc) is 2.31. The molecular weight excluding hydrogens is 238 g/mol. The Morgan fingerprint density at radius 1 is 1.61 bits per heavy atom. The van der Waals surface area contributed by atoms with Crippen molar-refractivity contribution in [3.63, 3.8) is 0 Å². The van der Waals surface area contributed by atoms with Gasteiger partial charge in [-0.25, -0.2) is 0 Å². The summed E-state index contributed by atoms with van der Waals surface area (Å²) >= 11 is 0. The molecule has 18 heavy (non-hydrogen) atoms. The molecule has 0 radical (unpaired) electrons. The van der Waals surface area contributed by atoms with E-state index in [0.717, 1.165) is 5.56 Å². The Bertz CT molecular complexity index is 462. The van der Waals surface area contributed by atoms with E-state index in [-0.39, 0.29) is 12.3 Å². The summed E-state index contributed by atoms with van der Waals surface area (Å²) in [6.07, 6.45) is 0. The number of ether oxygens (including phenoxy) is 1. The molecule has 0 saturated heterocycles. The van der Waals surface area contributed by atoms with Crippen LogP contribution in [0.15, 0.2) is 18.2 Å². The molecule has 0 spiro atoms. The fourth-order valence-electron chi connectivity index (χ4n) is 1.34. The van der Waals surface area contributed by atoms with Gasteiger partial charge in [0.2, 0.25) is 5.91 Å². The first kappa shape index (κ1) is 13.9. The van der Waals surface area contributed by atoms with E-state index in [2.05, 4.69) is 5.32 Å². The zero-order chi connectivity index (χ0) is 13.7. The lowest BCUT2D eigenvalue weighted by Gasteiger charge is -2.14. The highest BCUT2D eigenvalue weighted by molar-refractivity contribution is 5.80. The molecule has 0 heterocycles. The summed E-state index contributed by atoms with van der Waals surface area (Å²) in [6.45, 7) is 1.78. The number of primary amides is 1. The molecule has 0 aliphatic carbocycles. The number of carbonyl (C=O) groups excluding carboxylic acids is 1. The number of nitrogens with one attached hydrogen (secondary N) is 1. The summed E-state index contributed by atoms with van der Waals surface area (Å²) in [7, 11) is 1.58. The number of hydrogen-bond donors (Lipinski definition) is 2. The first-order valence-electron chi connectivity index (χ1n) is 5.30. The minimum Gasteiger partial charge on any atom is -0.491 e. The van der Waals surface area contributed by atoms with E-state index in [4.69, 9.17) is 10.5 Å². The third-order valence-electron chi connectivity index (χ3n) is 2.48. The number of hydrogen-bond acceptors (Lipinski definition) is 5. The van der Waals surface area contributed by atoms with Crippen molar-refractivity contribution in [2.75, 3.05) is 13.7 Å². The Morgan fingerprint density at radius 3 is 2.78 bits per heavy atom. The van der Waals surface area contributed by atoms with Gasteiger partial charge in [0.05, 0.1) is 11.0 Å². The lowest BCUT2D eigenvalue weighted by atomic mass is 10.2. The van der Waals surface area contributed by atoms with Crippen LogP contribution in [0.2, 0.25) is 0 Å². The Balaban J connectivity index is 2.80. The first-order chi connectivity index (χ1) is 8.45. The lowest BCUT2D eigenvalue weighted by molar-refractivity contribution is -0.384. The maximum absolute atomic E-state index is 11.0. The van der Waals surface area contributed by atoms with Crippen molar-refractivity contribution in [2.45, 2.75) is 13.0 Å². The number of rotatable bonds is 6. The van der Waals surface area contributed by atoms with E-state index < -0.39 is 16.9 Å². The highest BCUT2D eigenvalue weighted by atomic mass is 16.6. The number of nitro groups is 1. The van der Waals surface area contributed by atoms with Gasteiger partial charge in [-0.3, -0.25) is 14.9 Å². The minimum absolute atomic E-state index is 0.0217.